The van der Waals surface area contributed by atoms with E-state index in [0.717, 1.165) is 6.04 Å². The largest absolute Gasteiger partial charge is 2.00 e. The molecule has 0 spiro atoms. The summed E-state index contributed by atoms with van der Waals surface area (Å²) in [6, 6.07) is 0.732. The summed E-state index contributed by atoms with van der Waals surface area (Å²) < 4.78 is 0. The van der Waals surface area contributed by atoms with E-state index in [0.29, 0.717) is 0 Å². The number of nitrogens with zero attached hydrogens (tertiary/aromatic N) is 1. The van der Waals surface area contributed by atoms with Gasteiger partial charge < -0.3 is 17.4 Å². The molecule has 0 amide bonds. The van der Waals surface area contributed by atoms with E-state index in [1.54, 1.807) is 0 Å². The van der Waals surface area contributed by atoms with Crippen molar-refractivity contribution >= 4 is 8.24 Å². The van der Waals surface area contributed by atoms with Crippen LogP contribution >= 0.6 is 0 Å². The molecule has 4 heteroatoms. The van der Waals surface area contributed by atoms with Crippen LogP contribution in [0.15, 0.2) is 0 Å². The number of halogens is 1. The summed E-state index contributed by atoms with van der Waals surface area (Å²) in [5.74, 6) is 0. The van der Waals surface area contributed by atoms with Gasteiger partial charge in [0, 0.05) is 0 Å². The van der Waals surface area contributed by atoms with E-state index in [1.165, 1.54) is 32.1 Å². The second-order valence-electron chi connectivity index (χ2n) is 4.59. The Morgan fingerprint density at radius 2 is 1.46 bits per heavy atom. The molecule has 0 heterocycles. The van der Waals surface area contributed by atoms with Gasteiger partial charge in [0.25, 0.3) is 0 Å². The van der Waals surface area contributed by atoms with Crippen LogP contribution in [-0.4, -0.2) is 14.3 Å². The minimum absolute atomic E-state index is 0. The zero-order chi connectivity index (χ0) is 8.32. The van der Waals surface area contributed by atoms with Crippen LogP contribution in [0.4, 0.5) is 0 Å². The first-order chi connectivity index (χ1) is 5.08. The van der Waals surface area contributed by atoms with E-state index in [9.17, 15) is 0 Å². The Morgan fingerprint density at radius 3 is 1.85 bits per heavy atom. The zero-order valence-electron chi connectivity index (χ0n) is 8.94. The van der Waals surface area contributed by atoms with Crippen LogP contribution in [0.25, 0.3) is 4.98 Å². The average Bonchev–Trinajstić information content (AvgIpc) is 1.85. The van der Waals surface area contributed by atoms with E-state index in [4.69, 9.17) is 4.98 Å². The van der Waals surface area contributed by atoms with Crippen molar-refractivity contribution in [3.05, 3.63) is 4.98 Å². The number of rotatable bonds is 2. The topological polar surface area (TPSA) is 14.1 Å². The SMILES string of the molecule is C[Si](C)(C)[N-]C1CCCCC1.[Cl-].[Zr+2]. The Bertz CT molecular complexity index is 121. The molecule has 1 aliphatic carbocycles. The van der Waals surface area contributed by atoms with Gasteiger partial charge in [-0.2, -0.15) is 0 Å². The van der Waals surface area contributed by atoms with E-state index in [-0.39, 0.29) is 38.6 Å². The fourth-order valence-electron chi connectivity index (χ4n) is 1.76. The first kappa shape index (κ1) is 16.8. The van der Waals surface area contributed by atoms with Gasteiger partial charge >= 0.3 is 26.2 Å². The molecule has 0 aromatic carbocycles. The van der Waals surface area contributed by atoms with Gasteiger partial charge in [-0.25, -0.2) is 0 Å². The van der Waals surface area contributed by atoms with Crippen molar-refractivity contribution in [3.8, 4) is 0 Å². The summed E-state index contributed by atoms with van der Waals surface area (Å²) in [5.41, 5.74) is 0. The normalized spacial score (nSPS) is 18.7. The minimum atomic E-state index is -1.12. The molecule has 1 nitrogen and oxygen atoms in total. The standard InChI is InChI=1S/C9H20NSi.ClH.Zr/c1-11(2,3)10-9-7-5-4-6-8-9;;/h9H,4-8H2,1-3H3;1H;/q-1;;+2/p-1. The van der Waals surface area contributed by atoms with Crippen molar-refractivity contribution in [1.82, 2.24) is 0 Å². The van der Waals surface area contributed by atoms with E-state index in [1.807, 2.05) is 0 Å². The van der Waals surface area contributed by atoms with Crippen LogP contribution in [0, 0.1) is 0 Å². The van der Waals surface area contributed by atoms with E-state index in [2.05, 4.69) is 19.6 Å². The van der Waals surface area contributed by atoms with E-state index >= 15 is 0 Å². The molecule has 0 atom stereocenters. The van der Waals surface area contributed by atoms with Gasteiger partial charge in [-0.3, -0.25) is 0 Å². The van der Waals surface area contributed by atoms with Gasteiger partial charge in [0.05, 0.1) is 0 Å². The predicted molar refractivity (Wildman–Crippen MR) is 53.6 cm³/mol. The van der Waals surface area contributed by atoms with Crippen LogP contribution in [-0.2, 0) is 26.2 Å². The third-order valence-corrected chi connectivity index (χ3v) is 3.28. The quantitative estimate of drug-likeness (QED) is 0.660. The zero-order valence-corrected chi connectivity index (χ0v) is 13.2. The maximum atomic E-state index is 4.91. The molecule has 0 radical (unpaired) electrons. The molecule has 13 heavy (non-hydrogen) atoms. The summed E-state index contributed by atoms with van der Waals surface area (Å²) in [5, 5.41) is 0. The molecule has 0 unspecified atom stereocenters. The summed E-state index contributed by atoms with van der Waals surface area (Å²) in [6.45, 7) is 7.00. The Kier molecular flexibility index (Phi) is 9.82. The van der Waals surface area contributed by atoms with Gasteiger partial charge in [0.2, 0.25) is 0 Å². The molecule has 1 saturated carbocycles. The second-order valence-corrected chi connectivity index (χ2v) is 9.19. The predicted octanol–water partition coefficient (Wildman–Crippen LogP) is 0.529. The van der Waals surface area contributed by atoms with Gasteiger partial charge in [0.15, 0.2) is 0 Å². The summed E-state index contributed by atoms with van der Waals surface area (Å²) in [7, 11) is -1.12. The monoisotopic (exact) mass is 295 g/mol. The van der Waals surface area contributed by atoms with Crippen LogP contribution < -0.4 is 12.4 Å². The van der Waals surface area contributed by atoms with Crippen LogP contribution in [0.2, 0.25) is 19.6 Å². The maximum absolute atomic E-state index is 4.91. The van der Waals surface area contributed by atoms with Crippen molar-refractivity contribution in [2.45, 2.75) is 57.8 Å². The van der Waals surface area contributed by atoms with Gasteiger partial charge in [0.1, 0.15) is 0 Å². The fraction of sp³-hybridized carbons (Fsp3) is 1.00. The molecule has 0 N–H and O–H groups in total. The molecule has 1 rings (SSSR count). The Balaban J connectivity index is 0. The molecule has 0 aromatic rings. The van der Waals surface area contributed by atoms with Gasteiger partial charge in [-0.05, 0) is 0 Å². The molecular weight excluding hydrogens is 277 g/mol. The molecule has 0 aliphatic heterocycles. The van der Waals surface area contributed by atoms with Crippen molar-refractivity contribution in [3.63, 3.8) is 0 Å². The third-order valence-electron chi connectivity index (χ3n) is 2.14. The fourth-order valence-corrected chi connectivity index (χ4v) is 3.11. The second kappa shape index (κ2) is 7.62. The Labute approximate surface area is 109 Å². The number of hydrogen-bond acceptors (Lipinski definition) is 0. The Hall–Kier alpha value is 1.35. The minimum Gasteiger partial charge on any atom is -1.00 e. The van der Waals surface area contributed by atoms with Gasteiger partial charge in [-0.15, -0.1) is 6.04 Å². The summed E-state index contributed by atoms with van der Waals surface area (Å²) in [4.78, 5) is 4.91. The smallest absolute Gasteiger partial charge is 1.00 e. The van der Waals surface area contributed by atoms with Crippen molar-refractivity contribution in [2.24, 2.45) is 0 Å². The van der Waals surface area contributed by atoms with Crippen molar-refractivity contribution in [1.29, 1.82) is 0 Å². The van der Waals surface area contributed by atoms with Crippen molar-refractivity contribution in [2.75, 3.05) is 0 Å². The third kappa shape index (κ3) is 8.35. The van der Waals surface area contributed by atoms with Crippen LogP contribution in [0.3, 0.4) is 0 Å². The van der Waals surface area contributed by atoms with Gasteiger partial charge in [-0.1, -0.05) is 60.0 Å². The Morgan fingerprint density at radius 1 is 1.00 bits per heavy atom. The maximum Gasteiger partial charge on any atom is 2.00 e. The molecule has 1 fully saturated rings. The first-order valence-corrected chi connectivity index (χ1v) is 8.25. The summed E-state index contributed by atoms with van der Waals surface area (Å²) in [6.07, 6.45) is 7.00. The first-order valence-electron chi connectivity index (χ1n) is 4.80. The molecule has 76 valence electrons. The van der Waals surface area contributed by atoms with Crippen molar-refractivity contribution < 1.29 is 38.6 Å². The number of hydrogen-bond donors (Lipinski definition) is 0. The van der Waals surface area contributed by atoms with Crippen LogP contribution in [0.5, 0.6) is 0 Å². The summed E-state index contributed by atoms with van der Waals surface area (Å²) >= 11 is 0. The van der Waals surface area contributed by atoms with E-state index < -0.39 is 8.24 Å². The molecule has 0 saturated heterocycles. The molecular formula is C9H20ClNSiZr. The molecule has 0 aromatic heterocycles. The molecule has 0 bridgehead atoms. The molecule has 1 aliphatic rings. The van der Waals surface area contributed by atoms with Crippen LogP contribution in [0.1, 0.15) is 32.1 Å². The average molecular weight is 297 g/mol.